The molecule has 0 unspecified atom stereocenters. The summed E-state index contributed by atoms with van der Waals surface area (Å²) in [7, 11) is 1.77. The van der Waals surface area contributed by atoms with Crippen LogP contribution in [0.25, 0.3) is 11.0 Å². The highest BCUT2D eigenvalue weighted by Crippen LogP contribution is 2.38. The van der Waals surface area contributed by atoms with E-state index in [1.54, 1.807) is 25.6 Å². The van der Waals surface area contributed by atoms with Gasteiger partial charge in [-0.05, 0) is 61.1 Å². The summed E-state index contributed by atoms with van der Waals surface area (Å²) in [6.07, 6.45) is 5.48. The van der Waals surface area contributed by atoms with E-state index in [0.29, 0.717) is 23.2 Å². The zero-order chi connectivity index (χ0) is 20.5. The fraction of sp³-hybridized carbons (Fsp3) is 0.391. The second-order valence-corrected chi connectivity index (χ2v) is 8.19. The average molecular weight is 403 g/mol. The number of aromatic nitrogens is 3. The van der Waals surface area contributed by atoms with Crippen molar-refractivity contribution in [2.24, 2.45) is 11.8 Å². The summed E-state index contributed by atoms with van der Waals surface area (Å²) in [5.74, 6) is 1.74. The van der Waals surface area contributed by atoms with Crippen LogP contribution in [0.5, 0.6) is 0 Å². The third kappa shape index (κ3) is 3.61. The SMILES string of the molecule is CO[C@@H]1C[C@H]2CN(C(=O)c3ccc4cccnc4n3)C[C@H]2C[C@H]1Nc1ccccn1. The maximum absolute atomic E-state index is 13.1. The summed E-state index contributed by atoms with van der Waals surface area (Å²) < 4.78 is 5.80. The Kier molecular flexibility index (Phi) is 5.04. The molecule has 0 aromatic carbocycles. The van der Waals surface area contributed by atoms with Gasteiger partial charge < -0.3 is 15.0 Å². The Morgan fingerprint density at radius 3 is 2.67 bits per heavy atom. The third-order valence-corrected chi connectivity index (χ3v) is 6.39. The molecule has 2 aliphatic rings. The summed E-state index contributed by atoms with van der Waals surface area (Å²) in [5.41, 5.74) is 1.07. The topological polar surface area (TPSA) is 80.2 Å². The minimum atomic E-state index is -0.0137. The minimum Gasteiger partial charge on any atom is -0.379 e. The van der Waals surface area contributed by atoms with Gasteiger partial charge in [0.2, 0.25) is 0 Å². The molecule has 0 bridgehead atoms. The zero-order valence-electron chi connectivity index (χ0n) is 16.9. The molecule has 0 spiro atoms. The molecular weight excluding hydrogens is 378 g/mol. The lowest BCUT2D eigenvalue weighted by Crippen LogP contribution is -2.44. The summed E-state index contributed by atoms with van der Waals surface area (Å²) >= 11 is 0. The Hall–Kier alpha value is -3.06. The lowest BCUT2D eigenvalue weighted by Gasteiger charge is -2.37. The Bertz CT molecular complexity index is 1040. The molecule has 1 saturated carbocycles. The van der Waals surface area contributed by atoms with Crippen LogP contribution in [-0.4, -0.2) is 58.1 Å². The standard InChI is InChI=1S/C23H25N5O2/c1-30-20-12-17-14-28(13-16(17)11-19(20)26-21-6-2-3-9-24-21)23(29)18-8-7-15-5-4-10-25-22(15)27-18/h2-10,16-17,19-20H,11-14H2,1H3,(H,24,26)/t16-,17+,19-,20-/m1/s1. The molecule has 154 valence electrons. The highest BCUT2D eigenvalue weighted by molar-refractivity contribution is 5.94. The second kappa shape index (κ2) is 7.99. The first kappa shape index (κ1) is 18.9. The Morgan fingerprint density at radius 2 is 1.87 bits per heavy atom. The van der Waals surface area contributed by atoms with Crippen LogP contribution in [0.3, 0.4) is 0 Å². The Morgan fingerprint density at radius 1 is 1.03 bits per heavy atom. The smallest absolute Gasteiger partial charge is 0.272 e. The van der Waals surface area contributed by atoms with Gasteiger partial charge in [0.1, 0.15) is 11.5 Å². The Labute approximate surface area is 175 Å². The number of likely N-dealkylation sites (tertiary alicyclic amines) is 1. The van der Waals surface area contributed by atoms with E-state index in [-0.39, 0.29) is 18.1 Å². The van der Waals surface area contributed by atoms with Crippen LogP contribution in [0.4, 0.5) is 5.82 Å². The van der Waals surface area contributed by atoms with E-state index in [1.807, 2.05) is 41.3 Å². The quantitative estimate of drug-likeness (QED) is 0.721. The maximum Gasteiger partial charge on any atom is 0.272 e. The predicted octanol–water partition coefficient (Wildman–Crippen LogP) is 3.00. The molecular formula is C23H25N5O2. The number of methoxy groups -OCH3 is 1. The summed E-state index contributed by atoms with van der Waals surface area (Å²) in [6.45, 7) is 1.50. The van der Waals surface area contributed by atoms with Gasteiger partial charge in [0.25, 0.3) is 5.91 Å². The van der Waals surface area contributed by atoms with Crippen LogP contribution in [0.1, 0.15) is 23.3 Å². The minimum absolute atomic E-state index is 0.0137. The Balaban J connectivity index is 1.30. The number of carbonyl (C=O) groups is 1. The van der Waals surface area contributed by atoms with Crippen molar-refractivity contribution in [1.82, 2.24) is 19.9 Å². The molecule has 4 heterocycles. The van der Waals surface area contributed by atoms with Crippen molar-refractivity contribution >= 4 is 22.8 Å². The van der Waals surface area contributed by atoms with Crippen LogP contribution in [0.2, 0.25) is 0 Å². The van der Waals surface area contributed by atoms with Crippen molar-refractivity contribution in [2.75, 3.05) is 25.5 Å². The molecule has 30 heavy (non-hydrogen) atoms. The molecule has 7 heteroatoms. The average Bonchev–Trinajstić information content (AvgIpc) is 3.21. The number of ether oxygens (including phenoxy) is 1. The van der Waals surface area contributed by atoms with E-state index >= 15 is 0 Å². The fourth-order valence-electron chi connectivity index (χ4n) is 4.86. The zero-order valence-corrected chi connectivity index (χ0v) is 16.9. The number of rotatable bonds is 4. The number of hydrogen-bond donors (Lipinski definition) is 1. The van der Waals surface area contributed by atoms with Gasteiger partial charge in [-0.3, -0.25) is 4.79 Å². The number of pyridine rings is 3. The molecule has 7 nitrogen and oxygen atoms in total. The van der Waals surface area contributed by atoms with Crippen LogP contribution < -0.4 is 5.32 Å². The monoisotopic (exact) mass is 403 g/mol. The van der Waals surface area contributed by atoms with Crippen molar-refractivity contribution in [1.29, 1.82) is 0 Å². The van der Waals surface area contributed by atoms with Crippen LogP contribution >= 0.6 is 0 Å². The number of nitrogens with one attached hydrogen (secondary N) is 1. The van der Waals surface area contributed by atoms with Crippen LogP contribution in [0.15, 0.2) is 54.9 Å². The number of anilines is 1. The van der Waals surface area contributed by atoms with E-state index < -0.39 is 0 Å². The fourth-order valence-corrected chi connectivity index (χ4v) is 4.86. The van der Waals surface area contributed by atoms with Gasteiger partial charge in [-0.25, -0.2) is 15.0 Å². The van der Waals surface area contributed by atoms with Gasteiger partial charge in [-0.15, -0.1) is 0 Å². The number of fused-ring (bicyclic) bond motifs is 2. The van der Waals surface area contributed by atoms with E-state index in [9.17, 15) is 4.79 Å². The lowest BCUT2D eigenvalue weighted by atomic mass is 9.77. The molecule has 5 rings (SSSR count). The lowest BCUT2D eigenvalue weighted by molar-refractivity contribution is 0.0304. The molecule has 1 N–H and O–H groups in total. The molecule has 3 aromatic rings. The third-order valence-electron chi connectivity index (χ3n) is 6.39. The largest absolute Gasteiger partial charge is 0.379 e. The number of nitrogens with zero attached hydrogens (tertiary/aromatic N) is 4. The summed E-state index contributed by atoms with van der Waals surface area (Å²) in [6, 6.07) is 13.6. The van der Waals surface area contributed by atoms with Crippen molar-refractivity contribution in [2.45, 2.75) is 25.0 Å². The highest BCUT2D eigenvalue weighted by atomic mass is 16.5. The summed E-state index contributed by atoms with van der Waals surface area (Å²) in [4.78, 5) is 28.2. The van der Waals surface area contributed by atoms with Gasteiger partial charge in [-0.2, -0.15) is 0 Å². The number of hydrogen-bond acceptors (Lipinski definition) is 6. The normalized spacial score (nSPS) is 25.8. The predicted molar refractivity (Wildman–Crippen MR) is 114 cm³/mol. The molecule has 0 radical (unpaired) electrons. The van der Waals surface area contributed by atoms with E-state index in [0.717, 1.165) is 37.1 Å². The molecule has 4 atom stereocenters. The van der Waals surface area contributed by atoms with E-state index in [2.05, 4.69) is 20.3 Å². The first-order chi connectivity index (χ1) is 14.7. The van der Waals surface area contributed by atoms with Crippen molar-refractivity contribution in [3.05, 3.63) is 60.6 Å². The second-order valence-electron chi connectivity index (χ2n) is 8.19. The first-order valence-electron chi connectivity index (χ1n) is 10.4. The van der Waals surface area contributed by atoms with Gasteiger partial charge in [0.05, 0.1) is 12.1 Å². The molecule has 2 fully saturated rings. The van der Waals surface area contributed by atoms with Gasteiger partial charge in [0.15, 0.2) is 5.65 Å². The maximum atomic E-state index is 13.1. The van der Waals surface area contributed by atoms with Gasteiger partial charge in [0, 0.05) is 38.0 Å². The van der Waals surface area contributed by atoms with Crippen molar-refractivity contribution in [3.8, 4) is 0 Å². The molecule has 1 amide bonds. The molecule has 1 aliphatic heterocycles. The summed E-state index contributed by atoms with van der Waals surface area (Å²) in [5, 5.41) is 4.47. The van der Waals surface area contributed by atoms with Crippen LogP contribution in [-0.2, 0) is 4.74 Å². The molecule has 1 saturated heterocycles. The molecule has 1 aliphatic carbocycles. The molecule has 3 aromatic heterocycles. The van der Waals surface area contributed by atoms with Crippen molar-refractivity contribution in [3.63, 3.8) is 0 Å². The number of amides is 1. The first-order valence-corrected chi connectivity index (χ1v) is 10.4. The van der Waals surface area contributed by atoms with Gasteiger partial charge in [-0.1, -0.05) is 6.07 Å². The van der Waals surface area contributed by atoms with Crippen LogP contribution in [0, 0.1) is 11.8 Å². The van der Waals surface area contributed by atoms with E-state index in [4.69, 9.17) is 4.74 Å². The van der Waals surface area contributed by atoms with E-state index in [1.165, 1.54) is 0 Å². The number of carbonyl (C=O) groups excluding carboxylic acids is 1. The van der Waals surface area contributed by atoms with Crippen molar-refractivity contribution < 1.29 is 9.53 Å². The highest BCUT2D eigenvalue weighted by Gasteiger charge is 2.44. The van der Waals surface area contributed by atoms with Gasteiger partial charge >= 0.3 is 0 Å².